The molecule has 3 aromatic rings. The highest BCUT2D eigenvalue weighted by molar-refractivity contribution is 5.95. The molecule has 33 heavy (non-hydrogen) atoms. The number of fused-ring (bicyclic) bond motifs is 1. The molecule has 0 radical (unpaired) electrons. The average molecular weight is 456 g/mol. The van der Waals surface area contributed by atoms with Crippen molar-refractivity contribution in [3.63, 3.8) is 0 Å². The van der Waals surface area contributed by atoms with Crippen molar-refractivity contribution in [2.45, 2.75) is 45.3 Å². The minimum absolute atomic E-state index is 0.00128. The average Bonchev–Trinajstić information content (AvgIpc) is 3.16. The van der Waals surface area contributed by atoms with Crippen LogP contribution in [-0.2, 0) is 17.6 Å². The molecule has 0 saturated carbocycles. The number of aliphatic carboxylic acids is 1. The number of aliphatic hydroxyl groups excluding tert-OH is 1. The van der Waals surface area contributed by atoms with Crippen molar-refractivity contribution in [1.29, 1.82) is 0 Å². The number of hydrogen-bond acceptors (Lipinski definition) is 6. The van der Waals surface area contributed by atoms with Gasteiger partial charge < -0.3 is 30.2 Å². The third kappa shape index (κ3) is 6.30. The number of aromatic nitrogens is 1. The molecule has 9 heteroatoms. The summed E-state index contributed by atoms with van der Waals surface area (Å²) in [6.45, 7) is 4.00. The van der Waals surface area contributed by atoms with Crippen molar-refractivity contribution in [2.75, 3.05) is 13.1 Å². The van der Waals surface area contributed by atoms with Gasteiger partial charge in [0, 0.05) is 37.0 Å². The minimum Gasteiger partial charge on any atom is -0.481 e. The molecule has 4 rings (SSSR count). The fourth-order valence-electron chi connectivity index (χ4n) is 3.90. The van der Waals surface area contributed by atoms with Gasteiger partial charge in [-0.25, -0.2) is 4.79 Å². The lowest BCUT2D eigenvalue weighted by Crippen LogP contribution is -2.54. The number of benzene rings is 1. The summed E-state index contributed by atoms with van der Waals surface area (Å²) in [7, 11) is 0. The van der Waals surface area contributed by atoms with Gasteiger partial charge in [0.15, 0.2) is 0 Å². The highest BCUT2D eigenvalue weighted by Crippen LogP contribution is 2.20. The van der Waals surface area contributed by atoms with Gasteiger partial charge in [0.25, 0.3) is 11.9 Å². The van der Waals surface area contributed by atoms with Gasteiger partial charge >= 0.3 is 5.63 Å². The first-order valence-electron chi connectivity index (χ1n) is 10.8. The van der Waals surface area contributed by atoms with Gasteiger partial charge in [-0.1, -0.05) is 18.2 Å². The van der Waals surface area contributed by atoms with Crippen LogP contribution in [0.25, 0.3) is 10.9 Å². The number of hydrogen-bond donors (Lipinski definition) is 5. The molecule has 1 saturated heterocycles. The first-order chi connectivity index (χ1) is 15.8. The molecule has 1 aliphatic heterocycles. The van der Waals surface area contributed by atoms with Crippen molar-refractivity contribution < 1.29 is 24.2 Å². The van der Waals surface area contributed by atoms with Crippen molar-refractivity contribution in [1.82, 2.24) is 15.6 Å². The quantitative estimate of drug-likeness (QED) is 0.394. The Bertz CT molecular complexity index is 1180. The zero-order valence-electron chi connectivity index (χ0n) is 18.7. The van der Waals surface area contributed by atoms with E-state index in [0.29, 0.717) is 37.3 Å². The molecule has 0 unspecified atom stereocenters. The van der Waals surface area contributed by atoms with Crippen molar-refractivity contribution in [3.8, 4) is 0 Å². The van der Waals surface area contributed by atoms with E-state index >= 15 is 0 Å². The number of para-hydroxylation sites is 1. The number of H-pyrrole nitrogens is 1. The number of aromatic amines is 1. The highest BCUT2D eigenvalue weighted by Gasteiger charge is 2.26. The van der Waals surface area contributed by atoms with Gasteiger partial charge in [-0.05, 0) is 49.6 Å². The number of aryl methyl sites for hydroxylation is 3. The van der Waals surface area contributed by atoms with E-state index in [1.54, 1.807) is 13.0 Å². The maximum atomic E-state index is 12.6. The smallest absolute Gasteiger partial charge is 0.349 e. The third-order valence-electron chi connectivity index (χ3n) is 5.50. The van der Waals surface area contributed by atoms with Crippen LogP contribution >= 0.6 is 0 Å². The number of carboxylic acid groups (broad SMARTS) is 1. The number of carboxylic acids is 1. The van der Waals surface area contributed by atoms with E-state index in [0.717, 1.165) is 29.8 Å². The monoisotopic (exact) mass is 455 g/mol. The Morgan fingerprint density at radius 1 is 1.24 bits per heavy atom. The molecule has 1 amide bonds. The van der Waals surface area contributed by atoms with E-state index in [1.165, 1.54) is 0 Å². The number of amides is 1. The first kappa shape index (κ1) is 24.2. The van der Waals surface area contributed by atoms with E-state index in [4.69, 9.17) is 14.3 Å². The van der Waals surface area contributed by atoms with Gasteiger partial charge in [-0.3, -0.25) is 9.59 Å². The van der Waals surface area contributed by atoms with Crippen LogP contribution in [0.15, 0.2) is 45.7 Å². The summed E-state index contributed by atoms with van der Waals surface area (Å²) in [5.41, 5.74) is 2.16. The van der Waals surface area contributed by atoms with Gasteiger partial charge in [0.1, 0.15) is 11.3 Å². The first-order valence-corrected chi connectivity index (χ1v) is 10.8. The molecule has 2 aromatic heterocycles. The normalized spacial score (nSPS) is 17.8. The van der Waals surface area contributed by atoms with Gasteiger partial charge in [0.05, 0.1) is 12.1 Å². The van der Waals surface area contributed by atoms with Crippen LogP contribution in [0.1, 0.15) is 40.6 Å². The largest absolute Gasteiger partial charge is 0.481 e. The second kappa shape index (κ2) is 10.9. The number of carbonyl (C=O) groups is 2. The molecule has 1 fully saturated rings. The zero-order chi connectivity index (χ0) is 24.0. The SMILES string of the molecule is CC(=O)O.Cc1cc(CCc2c[nH]c3ccccc23)oc(=O)c1C(=O)N[C@H]1CNCC[C@H]1O. The molecule has 0 bridgehead atoms. The predicted molar refractivity (Wildman–Crippen MR) is 123 cm³/mol. The summed E-state index contributed by atoms with van der Waals surface area (Å²) in [5.74, 6) is -0.791. The molecule has 176 valence electrons. The summed E-state index contributed by atoms with van der Waals surface area (Å²) in [4.78, 5) is 37.3. The van der Waals surface area contributed by atoms with Crippen molar-refractivity contribution in [2.24, 2.45) is 0 Å². The summed E-state index contributed by atoms with van der Waals surface area (Å²) in [6, 6.07) is 9.39. The molecular formula is C24H29N3O6. The lowest BCUT2D eigenvalue weighted by molar-refractivity contribution is -0.134. The molecule has 0 aliphatic carbocycles. The molecule has 5 N–H and O–H groups in total. The van der Waals surface area contributed by atoms with E-state index in [9.17, 15) is 14.7 Å². The van der Waals surface area contributed by atoms with Crippen LogP contribution in [0.4, 0.5) is 0 Å². The van der Waals surface area contributed by atoms with Crippen LogP contribution < -0.4 is 16.3 Å². The van der Waals surface area contributed by atoms with Crippen LogP contribution in [0, 0.1) is 6.92 Å². The maximum Gasteiger partial charge on any atom is 0.349 e. The van der Waals surface area contributed by atoms with Crippen LogP contribution in [-0.4, -0.2) is 52.3 Å². The van der Waals surface area contributed by atoms with Crippen LogP contribution in [0.3, 0.4) is 0 Å². The molecule has 3 heterocycles. The Labute approximate surface area is 190 Å². The van der Waals surface area contributed by atoms with Gasteiger partial charge in [-0.2, -0.15) is 0 Å². The molecule has 0 spiro atoms. The van der Waals surface area contributed by atoms with E-state index in [1.807, 2.05) is 24.4 Å². The Morgan fingerprint density at radius 3 is 2.67 bits per heavy atom. The highest BCUT2D eigenvalue weighted by atomic mass is 16.4. The fourth-order valence-corrected chi connectivity index (χ4v) is 3.90. The van der Waals surface area contributed by atoms with Crippen LogP contribution in [0.2, 0.25) is 0 Å². The fraction of sp³-hybridized carbons (Fsp3) is 0.375. The van der Waals surface area contributed by atoms with Crippen molar-refractivity contribution in [3.05, 3.63) is 69.4 Å². The van der Waals surface area contributed by atoms with Crippen LogP contribution in [0.5, 0.6) is 0 Å². The Kier molecular flexibility index (Phi) is 8.02. The minimum atomic E-state index is -0.833. The van der Waals surface area contributed by atoms with E-state index in [-0.39, 0.29) is 5.56 Å². The zero-order valence-corrected chi connectivity index (χ0v) is 18.7. The topological polar surface area (TPSA) is 145 Å². The number of carbonyl (C=O) groups excluding carboxylic acids is 1. The van der Waals surface area contributed by atoms with Gasteiger partial charge in [0.2, 0.25) is 0 Å². The summed E-state index contributed by atoms with van der Waals surface area (Å²) >= 11 is 0. The van der Waals surface area contributed by atoms with E-state index < -0.39 is 29.6 Å². The summed E-state index contributed by atoms with van der Waals surface area (Å²) in [5, 5.41) is 24.5. The standard InChI is InChI=1S/C22H25N3O4.C2H4O2/c1-13-10-15(7-6-14-11-24-17-5-3-2-4-16(14)17)29-22(28)20(13)21(27)25-18-12-23-9-8-19(18)26;1-2(3)4/h2-5,10-11,18-19,23-24,26H,6-9,12H2,1H3,(H,25,27);1H3,(H,3,4)/t18-,19+;/m0./s1. The Hall–Kier alpha value is -3.43. The Balaban J connectivity index is 0.000000709. The lowest BCUT2D eigenvalue weighted by Gasteiger charge is -2.29. The lowest BCUT2D eigenvalue weighted by atomic mass is 10.0. The number of piperidine rings is 1. The maximum absolute atomic E-state index is 12.6. The predicted octanol–water partition coefficient (Wildman–Crippen LogP) is 1.76. The molecule has 9 nitrogen and oxygen atoms in total. The Morgan fingerprint density at radius 2 is 1.97 bits per heavy atom. The number of aliphatic hydroxyl groups is 1. The third-order valence-corrected chi connectivity index (χ3v) is 5.50. The molecule has 2 atom stereocenters. The van der Waals surface area contributed by atoms with E-state index in [2.05, 4.69) is 21.7 Å². The van der Waals surface area contributed by atoms with Gasteiger partial charge in [-0.15, -0.1) is 0 Å². The number of rotatable bonds is 5. The molecule has 1 aromatic carbocycles. The second-order valence-electron chi connectivity index (χ2n) is 8.08. The van der Waals surface area contributed by atoms with Crippen molar-refractivity contribution >= 4 is 22.8 Å². The molecule has 1 aliphatic rings. The number of nitrogens with one attached hydrogen (secondary N) is 3. The molecular weight excluding hydrogens is 426 g/mol. The summed E-state index contributed by atoms with van der Waals surface area (Å²) in [6.07, 6.45) is 3.19. The second-order valence-corrected chi connectivity index (χ2v) is 8.08. The summed E-state index contributed by atoms with van der Waals surface area (Å²) < 4.78 is 5.43.